The number of aliphatic hydroxyl groups is 1. The summed E-state index contributed by atoms with van der Waals surface area (Å²) < 4.78 is 1.43. The summed E-state index contributed by atoms with van der Waals surface area (Å²) in [5.41, 5.74) is 7.03. The Bertz CT molecular complexity index is 370. The molecule has 0 saturated carbocycles. The molecule has 1 amide bonds. The van der Waals surface area contributed by atoms with E-state index in [9.17, 15) is 4.79 Å². The summed E-state index contributed by atoms with van der Waals surface area (Å²) in [6.45, 7) is 3.53. The number of aliphatic hydroxyl groups excluding tert-OH is 1. The van der Waals surface area contributed by atoms with E-state index in [-0.39, 0.29) is 12.5 Å². The Morgan fingerprint density at radius 2 is 2.33 bits per heavy atom. The maximum atomic E-state index is 11.6. The van der Waals surface area contributed by atoms with Crippen LogP contribution in [0, 0.1) is 6.92 Å². The molecule has 1 heterocycles. The lowest BCUT2D eigenvalue weighted by molar-refractivity contribution is 0.0915. The Hall–Kier alpha value is -1.56. The van der Waals surface area contributed by atoms with Crippen molar-refractivity contribution < 1.29 is 9.90 Å². The van der Waals surface area contributed by atoms with E-state index in [0.717, 1.165) is 0 Å². The van der Waals surface area contributed by atoms with Crippen molar-refractivity contribution in [1.82, 2.24) is 15.1 Å². The number of nitrogens with one attached hydrogen (secondary N) is 1. The molecule has 15 heavy (non-hydrogen) atoms. The molecular weight excluding hydrogens is 196 g/mol. The Morgan fingerprint density at radius 3 is 2.73 bits per heavy atom. The molecule has 0 saturated heterocycles. The Kier molecular flexibility index (Phi) is 3.31. The van der Waals surface area contributed by atoms with Crippen molar-refractivity contribution >= 4 is 11.6 Å². The SMILES string of the molecule is Cc1nn(C)c(C(=O)NC[C@H](C)O)c1N. The average molecular weight is 212 g/mol. The Labute approximate surface area is 88.1 Å². The van der Waals surface area contributed by atoms with Crippen LogP contribution in [0.4, 0.5) is 5.69 Å². The molecule has 1 atom stereocenters. The standard InChI is InChI=1S/C9H16N4O2/c1-5(14)4-11-9(15)8-7(10)6(2)12-13(8)3/h5,14H,4,10H2,1-3H3,(H,11,15)/t5-/m0/s1. The molecule has 0 aliphatic carbocycles. The van der Waals surface area contributed by atoms with E-state index >= 15 is 0 Å². The monoisotopic (exact) mass is 212 g/mol. The van der Waals surface area contributed by atoms with E-state index in [1.807, 2.05) is 0 Å². The molecule has 4 N–H and O–H groups in total. The number of nitrogens with zero attached hydrogens (tertiary/aromatic N) is 2. The van der Waals surface area contributed by atoms with Gasteiger partial charge in [-0.25, -0.2) is 0 Å². The number of amides is 1. The highest BCUT2D eigenvalue weighted by atomic mass is 16.3. The largest absolute Gasteiger partial charge is 0.395 e. The van der Waals surface area contributed by atoms with Crippen LogP contribution in [0.25, 0.3) is 0 Å². The molecular formula is C9H16N4O2. The summed E-state index contributed by atoms with van der Waals surface area (Å²) in [6, 6.07) is 0. The van der Waals surface area contributed by atoms with Crippen LogP contribution in [0.3, 0.4) is 0 Å². The fraction of sp³-hybridized carbons (Fsp3) is 0.556. The van der Waals surface area contributed by atoms with Gasteiger partial charge in [0.1, 0.15) is 5.69 Å². The van der Waals surface area contributed by atoms with Crippen LogP contribution in [0.15, 0.2) is 0 Å². The fourth-order valence-corrected chi connectivity index (χ4v) is 1.27. The lowest BCUT2D eigenvalue weighted by Crippen LogP contribution is -2.32. The number of aromatic nitrogens is 2. The molecule has 0 aromatic carbocycles. The highest BCUT2D eigenvalue weighted by Gasteiger charge is 2.17. The first-order valence-corrected chi connectivity index (χ1v) is 4.68. The molecule has 0 aliphatic rings. The van der Waals surface area contributed by atoms with Crippen molar-refractivity contribution in [3.8, 4) is 0 Å². The van der Waals surface area contributed by atoms with Gasteiger partial charge in [0.25, 0.3) is 5.91 Å². The number of nitrogen functional groups attached to an aromatic ring is 1. The van der Waals surface area contributed by atoms with Crippen molar-refractivity contribution in [3.05, 3.63) is 11.4 Å². The minimum atomic E-state index is -0.579. The van der Waals surface area contributed by atoms with Gasteiger partial charge < -0.3 is 16.2 Å². The zero-order valence-corrected chi connectivity index (χ0v) is 9.11. The lowest BCUT2D eigenvalue weighted by atomic mass is 10.3. The molecule has 0 aliphatic heterocycles. The number of aryl methyl sites for hydroxylation is 2. The van der Waals surface area contributed by atoms with Crippen LogP contribution in [0.1, 0.15) is 23.1 Å². The molecule has 6 heteroatoms. The van der Waals surface area contributed by atoms with Crippen molar-refractivity contribution in [2.75, 3.05) is 12.3 Å². The van der Waals surface area contributed by atoms with Crippen molar-refractivity contribution in [2.45, 2.75) is 20.0 Å². The maximum Gasteiger partial charge on any atom is 0.271 e. The van der Waals surface area contributed by atoms with Gasteiger partial charge in [-0.05, 0) is 13.8 Å². The van der Waals surface area contributed by atoms with E-state index in [4.69, 9.17) is 10.8 Å². The minimum absolute atomic E-state index is 0.197. The molecule has 1 aromatic rings. The summed E-state index contributed by atoms with van der Waals surface area (Å²) in [5, 5.41) is 15.6. The van der Waals surface area contributed by atoms with Crippen LogP contribution >= 0.6 is 0 Å². The lowest BCUT2D eigenvalue weighted by Gasteiger charge is -2.07. The molecule has 0 bridgehead atoms. The van der Waals surface area contributed by atoms with Gasteiger partial charge >= 0.3 is 0 Å². The second-order valence-electron chi connectivity index (χ2n) is 3.53. The van der Waals surface area contributed by atoms with Crippen LogP contribution in [-0.2, 0) is 7.05 Å². The van der Waals surface area contributed by atoms with Gasteiger partial charge in [0.05, 0.1) is 17.5 Å². The molecule has 0 fully saturated rings. The van der Waals surface area contributed by atoms with Crippen LogP contribution in [0.5, 0.6) is 0 Å². The highest BCUT2D eigenvalue weighted by Crippen LogP contribution is 2.14. The van der Waals surface area contributed by atoms with Crippen LogP contribution in [-0.4, -0.2) is 33.4 Å². The van der Waals surface area contributed by atoms with Crippen molar-refractivity contribution in [1.29, 1.82) is 0 Å². The Balaban J connectivity index is 2.82. The molecule has 0 spiro atoms. The average Bonchev–Trinajstić information content (AvgIpc) is 2.37. The summed E-state index contributed by atoms with van der Waals surface area (Å²) in [4.78, 5) is 11.6. The fourth-order valence-electron chi connectivity index (χ4n) is 1.27. The minimum Gasteiger partial charge on any atom is -0.395 e. The third-order valence-corrected chi connectivity index (χ3v) is 2.04. The molecule has 0 radical (unpaired) electrons. The summed E-state index contributed by atoms with van der Waals surface area (Å²) in [7, 11) is 1.65. The number of carbonyl (C=O) groups is 1. The van der Waals surface area contributed by atoms with Crippen molar-refractivity contribution in [3.63, 3.8) is 0 Å². The van der Waals surface area contributed by atoms with E-state index in [2.05, 4.69) is 10.4 Å². The topological polar surface area (TPSA) is 93.2 Å². The predicted octanol–water partition coefficient (Wildman–Crippen LogP) is -0.579. The first-order chi connectivity index (χ1) is 6.93. The van der Waals surface area contributed by atoms with Crippen molar-refractivity contribution in [2.24, 2.45) is 7.05 Å². The van der Waals surface area contributed by atoms with Gasteiger partial charge in [-0.3, -0.25) is 9.48 Å². The number of nitrogens with two attached hydrogens (primary N) is 1. The highest BCUT2D eigenvalue weighted by molar-refractivity contribution is 5.97. The second-order valence-corrected chi connectivity index (χ2v) is 3.53. The summed E-state index contributed by atoms with van der Waals surface area (Å²) >= 11 is 0. The van der Waals surface area contributed by atoms with Gasteiger partial charge in [-0.1, -0.05) is 0 Å². The van der Waals surface area contributed by atoms with E-state index in [1.54, 1.807) is 20.9 Å². The number of hydrogen-bond acceptors (Lipinski definition) is 4. The quantitative estimate of drug-likeness (QED) is 0.625. The number of hydrogen-bond donors (Lipinski definition) is 3. The molecule has 1 rings (SSSR count). The number of carbonyl (C=O) groups excluding carboxylic acids is 1. The molecule has 6 nitrogen and oxygen atoms in total. The maximum absolute atomic E-state index is 11.6. The third kappa shape index (κ3) is 2.47. The second kappa shape index (κ2) is 4.31. The normalized spacial score (nSPS) is 12.5. The van der Waals surface area contributed by atoms with Gasteiger partial charge in [0.2, 0.25) is 0 Å². The van der Waals surface area contributed by atoms with Gasteiger partial charge in [0, 0.05) is 13.6 Å². The van der Waals surface area contributed by atoms with Gasteiger partial charge in [0.15, 0.2) is 0 Å². The molecule has 84 valence electrons. The van der Waals surface area contributed by atoms with E-state index in [1.165, 1.54) is 4.68 Å². The predicted molar refractivity (Wildman–Crippen MR) is 56.4 cm³/mol. The van der Waals surface area contributed by atoms with Gasteiger partial charge in [-0.2, -0.15) is 5.10 Å². The zero-order chi connectivity index (χ0) is 11.6. The first kappa shape index (κ1) is 11.5. The summed E-state index contributed by atoms with van der Waals surface area (Å²) in [6.07, 6.45) is -0.579. The smallest absolute Gasteiger partial charge is 0.271 e. The summed E-state index contributed by atoms with van der Waals surface area (Å²) in [5.74, 6) is -0.323. The Morgan fingerprint density at radius 1 is 1.73 bits per heavy atom. The number of rotatable bonds is 3. The molecule has 0 unspecified atom stereocenters. The number of anilines is 1. The van der Waals surface area contributed by atoms with Crippen LogP contribution in [0.2, 0.25) is 0 Å². The van der Waals surface area contributed by atoms with E-state index < -0.39 is 6.10 Å². The van der Waals surface area contributed by atoms with Crippen LogP contribution < -0.4 is 11.1 Å². The zero-order valence-electron chi connectivity index (χ0n) is 9.11. The van der Waals surface area contributed by atoms with E-state index in [0.29, 0.717) is 17.1 Å². The van der Waals surface area contributed by atoms with Gasteiger partial charge in [-0.15, -0.1) is 0 Å². The molecule has 1 aromatic heterocycles. The third-order valence-electron chi connectivity index (χ3n) is 2.04. The first-order valence-electron chi connectivity index (χ1n) is 4.68.